The van der Waals surface area contributed by atoms with Gasteiger partial charge in [-0.25, -0.2) is 4.21 Å². The third-order valence-corrected chi connectivity index (χ3v) is 8.23. The third kappa shape index (κ3) is 8.23. The van der Waals surface area contributed by atoms with Crippen LogP contribution in [0.25, 0.3) is 0 Å². The SMILES string of the molecule is Cc1ccoc1C(=O)Nc1cccc(C#Cc2cncc(C(=O)N=S(=O)(CCCNCC(=O)O)c3ccccc3)c2)c1. The van der Waals surface area contributed by atoms with Crippen LogP contribution in [0, 0.1) is 18.8 Å². The van der Waals surface area contributed by atoms with Crippen LogP contribution in [0.2, 0.25) is 0 Å². The summed E-state index contributed by atoms with van der Waals surface area (Å²) in [5, 5.41) is 14.3. The zero-order chi connectivity index (χ0) is 30.0. The molecule has 0 bridgehead atoms. The molecule has 11 heteroatoms. The summed E-state index contributed by atoms with van der Waals surface area (Å²) in [5.41, 5.74) is 2.46. The first kappa shape index (κ1) is 29.9. The minimum absolute atomic E-state index is 0.0642. The number of rotatable bonds is 10. The zero-order valence-electron chi connectivity index (χ0n) is 22.7. The van der Waals surface area contributed by atoms with E-state index in [1.54, 1.807) is 67.6 Å². The summed E-state index contributed by atoms with van der Waals surface area (Å²) in [6.07, 6.45) is 4.64. The van der Waals surface area contributed by atoms with Crippen LogP contribution < -0.4 is 10.6 Å². The van der Waals surface area contributed by atoms with Crippen LogP contribution in [0.15, 0.2) is 99.1 Å². The second-order valence-corrected chi connectivity index (χ2v) is 11.5. The normalized spacial score (nSPS) is 11.9. The lowest BCUT2D eigenvalue weighted by atomic mass is 10.1. The molecular weight excluding hydrogens is 556 g/mol. The molecule has 4 rings (SSSR count). The predicted molar refractivity (Wildman–Crippen MR) is 158 cm³/mol. The molecule has 0 saturated heterocycles. The number of aromatic nitrogens is 1. The number of hydrogen-bond donors (Lipinski definition) is 3. The summed E-state index contributed by atoms with van der Waals surface area (Å²) in [6, 6.07) is 18.7. The quantitative estimate of drug-likeness (QED) is 0.184. The van der Waals surface area contributed by atoms with Gasteiger partial charge in [0, 0.05) is 45.4 Å². The molecule has 0 aliphatic rings. The van der Waals surface area contributed by atoms with E-state index in [1.165, 1.54) is 24.7 Å². The number of nitrogens with one attached hydrogen (secondary N) is 2. The Balaban J connectivity index is 1.51. The minimum Gasteiger partial charge on any atom is -0.480 e. The van der Waals surface area contributed by atoms with Crippen molar-refractivity contribution in [1.82, 2.24) is 10.3 Å². The van der Waals surface area contributed by atoms with E-state index in [-0.39, 0.29) is 29.5 Å². The van der Waals surface area contributed by atoms with Gasteiger partial charge in [-0.05, 0) is 62.4 Å². The highest BCUT2D eigenvalue weighted by atomic mass is 32.2. The summed E-state index contributed by atoms with van der Waals surface area (Å²) < 4.78 is 23.2. The van der Waals surface area contributed by atoms with E-state index in [2.05, 4.69) is 31.8 Å². The van der Waals surface area contributed by atoms with Crippen molar-refractivity contribution in [3.05, 3.63) is 113 Å². The fourth-order valence-corrected chi connectivity index (χ4v) is 5.79. The highest BCUT2D eigenvalue weighted by Gasteiger charge is 2.17. The summed E-state index contributed by atoms with van der Waals surface area (Å²) >= 11 is 0. The lowest BCUT2D eigenvalue weighted by Crippen LogP contribution is -2.25. The molecule has 1 unspecified atom stereocenters. The Labute approximate surface area is 243 Å². The van der Waals surface area contributed by atoms with Crippen LogP contribution in [-0.2, 0) is 14.5 Å². The van der Waals surface area contributed by atoms with E-state index in [4.69, 9.17) is 9.52 Å². The number of carboxylic acid groups (broad SMARTS) is 1. The van der Waals surface area contributed by atoms with E-state index in [9.17, 15) is 18.6 Å². The maximum Gasteiger partial charge on any atom is 0.317 e. The number of pyridine rings is 1. The number of carbonyl (C=O) groups is 3. The van der Waals surface area contributed by atoms with Crippen LogP contribution in [0.4, 0.5) is 5.69 Å². The molecule has 0 saturated carbocycles. The maximum absolute atomic E-state index is 13.8. The molecule has 214 valence electrons. The Kier molecular flexibility index (Phi) is 9.99. The van der Waals surface area contributed by atoms with E-state index in [1.807, 2.05) is 0 Å². The highest BCUT2D eigenvalue weighted by Crippen LogP contribution is 2.18. The Morgan fingerprint density at radius 3 is 2.52 bits per heavy atom. The smallest absolute Gasteiger partial charge is 0.317 e. The Morgan fingerprint density at radius 2 is 1.79 bits per heavy atom. The number of aryl methyl sites for hydroxylation is 1. The number of anilines is 1. The van der Waals surface area contributed by atoms with Crippen LogP contribution >= 0.6 is 0 Å². The van der Waals surface area contributed by atoms with E-state index >= 15 is 0 Å². The van der Waals surface area contributed by atoms with E-state index in [0.29, 0.717) is 34.7 Å². The number of hydrogen-bond acceptors (Lipinski definition) is 7. The molecule has 2 amide bonds. The van der Waals surface area contributed by atoms with Gasteiger partial charge in [-0.1, -0.05) is 36.1 Å². The lowest BCUT2D eigenvalue weighted by Gasteiger charge is -2.10. The first-order chi connectivity index (χ1) is 20.2. The van der Waals surface area contributed by atoms with Crippen LogP contribution in [0.3, 0.4) is 0 Å². The molecule has 1 atom stereocenters. The van der Waals surface area contributed by atoms with Crippen LogP contribution in [0.5, 0.6) is 0 Å². The molecule has 0 aliphatic heterocycles. The van der Waals surface area contributed by atoms with Gasteiger partial charge in [-0.15, -0.1) is 0 Å². The number of carbonyl (C=O) groups excluding carboxylic acids is 2. The summed E-state index contributed by atoms with van der Waals surface area (Å²) in [7, 11) is -3.13. The van der Waals surface area contributed by atoms with Crippen molar-refractivity contribution in [2.24, 2.45) is 4.36 Å². The fourth-order valence-electron chi connectivity index (χ4n) is 3.86. The first-order valence-electron chi connectivity index (χ1n) is 12.9. The van der Waals surface area contributed by atoms with Crippen molar-refractivity contribution in [2.45, 2.75) is 18.2 Å². The van der Waals surface area contributed by atoms with Crippen molar-refractivity contribution < 1.29 is 28.1 Å². The summed E-state index contributed by atoms with van der Waals surface area (Å²) in [5.74, 6) is 4.19. The molecular formula is C31H28N4O6S. The molecule has 0 aliphatic carbocycles. The number of amides is 2. The van der Waals surface area contributed by atoms with Crippen LogP contribution in [-0.4, -0.2) is 50.9 Å². The molecule has 4 aromatic rings. The third-order valence-electron chi connectivity index (χ3n) is 5.92. The molecule has 3 N–H and O–H groups in total. The maximum atomic E-state index is 13.8. The Hall–Kier alpha value is -5.05. The van der Waals surface area contributed by atoms with E-state index < -0.39 is 21.6 Å². The van der Waals surface area contributed by atoms with Crippen molar-refractivity contribution in [2.75, 3.05) is 24.2 Å². The molecule has 2 aromatic carbocycles. The molecule has 2 aromatic heterocycles. The van der Waals surface area contributed by atoms with Crippen molar-refractivity contribution >= 4 is 33.2 Å². The fraction of sp³-hybridized carbons (Fsp3) is 0.161. The molecule has 2 heterocycles. The highest BCUT2D eigenvalue weighted by molar-refractivity contribution is 7.94. The van der Waals surface area contributed by atoms with Gasteiger partial charge in [0.2, 0.25) is 0 Å². The Morgan fingerprint density at radius 1 is 1.00 bits per heavy atom. The second-order valence-electron chi connectivity index (χ2n) is 9.16. The van der Waals surface area contributed by atoms with Gasteiger partial charge in [0.1, 0.15) is 0 Å². The van der Waals surface area contributed by atoms with E-state index in [0.717, 1.165) is 5.56 Å². The summed E-state index contributed by atoms with van der Waals surface area (Å²) in [6.45, 7) is 1.87. The average Bonchev–Trinajstić information content (AvgIpc) is 3.42. The van der Waals surface area contributed by atoms with Crippen molar-refractivity contribution in [1.29, 1.82) is 0 Å². The number of carboxylic acids is 1. The zero-order valence-corrected chi connectivity index (χ0v) is 23.5. The van der Waals surface area contributed by atoms with Gasteiger partial charge in [-0.2, -0.15) is 4.36 Å². The second kappa shape index (κ2) is 14.0. The number of furan rings is 1. The first-order valence-corrected chi connectivity index (χ1v) is 14.6. The van der Waals surface area contributed by atoms with Gasteiger partial charge in [0.15, 0.2) is 5.76 Å². The largest absolute Gasteiger partial charge is 0.480 e. The number of nitrogens with zero attached hydrogens (tertiary/aromatic N) is 2. The molecule has 0 spiro atoms. The van der Waals surface area contributed by atoms with Crippen molar-refractivity contribution in [3.63, 3.8) is 0 Å². The molecule has 42 heavy (non-hydrogen) atoms. The Bertz CT molecular complexity index is 1780. The van der Waals surface area contributed by atoms with Gasteiger partial charge in [-0.3, -0.25) is 19.4 Å². The topological polar surface area (TPSA) is 151 Å². The van der Waals surface area contributed by atoms with Crippen molar-refractivity contribution in [3.8, 4) is 11.8 Å². The lowest BCUT2D eigenvalue weighted by molar-refractivity contribution is -0.135. The van der Waals surface area contributed by atoms with Gasteiger partial charge < -0.3 is 20.2 Å². The number of benzene rings is 2. The molecule has 0 radical (unpaired) electrons. The average molecular weight is 585 g/mol. The van der Waals surface area contributed by atoms with Gasteiger partial charge in [0.05, 0.1) is 28.1 Å². The van der Waals surface area contributed by atoms with Gasteiger partial charge in [0.25, 0.3) is 11.8 Å². The van der Waals surface area contributed by atoms with Gasteiger partial charge >= 0.3 is 5.97 Å². The standard InChI is InChI=1S/C31H28N4O6S/c1-22-13-15-41-29(22)31(39)34-26-8-5-7-23(18-26)11-12-24-17-25(20-33-19-24)30(38)35-42(40,27-9-3-2-4-10-27)16-6-14-32-21-28(36)37/h2-5,7-10,13,15,17-20,32H,6,14,16,21H2,1H3,(H,34,39)(H,36,37). The predicted octanol–water partition coefficient (Wildman–Crippen LogP) is 4.37. The minimum atomic E-state index is -3.13. The number of aliphatic carboxylic acids is 1. The molecule has 0 fully saturated rings. The van der Waals surface area contributed by atoms with Crippen LogP contribution in [0.1, 0.15) is 44.0 Å². The monoisotopic (exact) mass is 584 g/mol. The molecule has 10 nitrogen and oxygen atoms in total. The summed E-state index contributed by atoms with van der Waals surface area (Å²) in [4.78, 5) is 40.8.